The quantitative estimate of drug-likeness (QED) is 0.802. The first-order valence-corrected chi connectivity index (χ1v) is 7.22. The number of hydrogen-bond acceptors (Lipinski definition) is 3. The van der Waals surface area contributed by atoms with Gasteiger partial charge in [-0.15, -0.1) is 0 Å². The Hall–Kier alpha value is -0.610. The summed E-state index contributed by atoms with van der Waals surface area (Å²) in [6.07, 6.45) is 2.46. The summed E-state index contributed by atoms with van der Waals surface area (Å²) in [7, 11) is 4.16. The van der Waals surface area contributed by atoms with E-state index in [1.165, 1.54) is 25.9 Å². The predicted molar refractivity (Wildman–Crippen MR) is 73.4 cm³/mol. The van der Waals surface area contributed by atoms with E-state index in [1.807, 2.05) is 11.9 Å². The van der Waals surface area contributed by atoms with Crippen molar-refractivity contribution in [3.63, 3.8) is 0 Å². The molecule has 0 aromatic carbocycles. The second-order valence-corrected chi connectivity index (χ2v) is 6.21. The van der Waals surface area contributed by atoms with Gasteiger partial charge in [-0.1, -0.05) is 6.92 Å². The van der Waals surface area contributed by atoms with E-state index >= 15 is 0 Å². The zero-order valence-electron chi connectivity index (χ0n) is 12.0. The number of carbonyl (C=O) groups excluding carboxylic acids is 1. The van der Waals surface area contributed by atoms with E-state index in [9.17, 15) is 4.79 Å². The summed E-state index contributed by atoms with van der Waals surface area (Å²) in [5, 5.41) is 3.31. The van der Waals surface area contributed by atoms with E-state index in [2.05, 4.69) is 24.2 Å². The zero-order valence-corrected chi connectivity index (χ0v) is 12.0. The molecule has 2 heterocycles. The van der Waals surface area contributed by atoms with Crippen LogP contribution >= 0.6 is 0 Å². The number of carbonyl (C=O) groups is 1. The van der Waals surface area contributed by atoms with E-state index in [1.54, 1.807) is 0 Å². The lowest BCUT2D eigenvalue weighted by Crippen LogP contribution is -2.41. The topological polar surface area (TPSA) is 35.6 Å². The number of piperidine rings is 1. The molecule has 2 aliphatic rings. The van der Waals surface area contributed by atoms with Gasteiger partial charge < -0.3 is 15.1 Å². The highest BCUT2D eigenvalue weighted by molar-refractivity contribution is 5.79. The number of rotatable bonds is 3. The van der Waals surface area contributed by atoms with E-state index < -0.39 is 0 Å². The summed E-state index contributed by atoms with van der Waals surface area (Å²) in [6, 6.07) is 0. The highest BCUT2D eigenvalue weighted by Crippen LogP contribution is 2.21. The molecule has 2 rings (SSSR count). The minimum absolute atomic E-state index is 0.196. The lowest BCUT2D eigenvalue weighted by atomic mass is 9.94. The van der Waals surface area contributed by atoms with E-state index in [-0.39, 0.29) is 5.92 Å². The summed E-state index contributed by atoms with van der Waals surface area (Å²) in [5.74, 6) is 1.71. The van der Waals surface area contributed by atoms with Crippen LogP contribution in [-0.2, 0) is 4.79 Å². The molecule has 0 spiro atoms. The first-order chi connectivity index (χ1) is 8.58. The average Bonchev–Trinajstić information content (AvgIpc) is 2.77. The van der Waals surface area contributed by atoms with Crippen LogP contribution in [-0.4, -0.2) is 62.5 Å². The molecule has 104 valence electrons. The van der Waals surface area contributed by atoms with Crippen LogP contribution in [0, 0.1) is 17.8 Å². The zero-order chi connectivity index (χ0) is 13.1. The van der Waals surface area contributed by atoms with Gasteiger partial charge in [-0.3, -0.25) is 4.79 Å². The van der Waals surface area contributed by atoms with Crippen molar-refractivity contribution in [2.24, 2.45) is 17.8 Å². The summed E-state index contributed by atoms with van der Waals surface area (Å²) in [4.78, 5) is 16.7. The Bertz CT molecular complexity index is 287. The van der Waals surface area contributed by atoms with Crippen molar-refractivity contribution >= 4 is 5.91 Å². The third-order valence-corrected chi connectivity index (χ3v) is 4.58. The van der Waals surface area contributed by atoms with Crippen LogP contribution in [0.25, 0.3) is 0 Å². The Kier molecular flexibility index (Phi) is 4.62. The van der Waals surface area contributed by atoms with Crippen molar-refractivity contribution in [2.75, 3.05) is 46.8 Å². The molecule has 18 heavy (non-hydrogen) atoms. The molecule has 0 aliphatic carbocycles. The third kappa shape index (κ3) is 3.23. The largest absolute Gasteiger partial charge is 0.345 e. The van der Waals surface area contributed by atoms with Gasteiger partial charge in [0.25, 0.3) is 0 Å². The fourth-order valence-corrected chi connectivity index (χ4v) is 3.15. The minimum Gasteiger partial charge on any atom is -0.345 e. The Morgan fingerprint density at radius 1 is 1.33 bits per heavy atom. The van der Waals surface area contributed by atoms with Crippen LogP contribution in [0.2, 0.25) is 0 Å². The number of amides is 1. The highest BCUT2D eigenvalue weighted by atomic mass is 16.2. The fourth-order valence-electron chi connectivity index (χ4n) is 3.15. The van der Waals surface area contributed by atoms with Gasteiger partial charge >= 0.3 is 0 Å². The van der Waals surface area contributed by atoms with Gasteiger partial charge in [0.15, 0.2) is 0 Å². The molecule has 2 saturated heterocycles. The number of likely N-dealkylation sites (tertiary alicyclic amines) is 1. The SMILES string of the molecule is C[C@@H]1CNC[C@H]1C(=O)N(C)CC1CCN(C)CC1. The van der Waals surface area contributed by atoms with Gasteiger partial charge in [-0.2, -0.15) is 0 Å². The smallest absolute Gasteiger partial charge is 0.227 e. The number of nitrogens with zero attached hydrogens (tertiary/aromatic N) is 2. The monoisotopic (exact) mass is 253 g/mol. The van der Waals surface area contributed by atoms with Crippen LogP contribution in [0.3, 0.4) is 0 Å². The molecule has 0 bridgehead atoms. The molecular weight excluding hydrogens is 226 g/mol. The van der Waals surface area contributed by atoms with Gasteiger partial charge in [0.05, 0.1) is 5.92 Å². The Balaban J connectivity index is 1.80. The van der Waals surface area contributed by atoms with Crippen molar-refractivity contribution in [3.8, 4) is 0 Å². The maximum Gasteiger partial charge on any atom is 0.227 e. The van der Waals surface area contributed by atoms with Gasteiger partial charge in [0, 0.05) is 20.1 Å². The minimum atomic E-state index is 0.196. The molecule has 1 N–H and O–H groups in total. The van der Waals surface area contributed by atoms with Gasteiger partial charge in [0.1, 0.15) is 0 Å². The normalized spacial score (nSPS) is 30.6. The Morgan fingerprint density at radius 3 is 2.56 bits per heavy atom. The predicted octanol–water partition coefficient (Wildman–Crippen LogP) is 0.642. The molecule has 0 saturated carbocycles. The van der Waals surface area contributed by atoms with Crippen LogP contribution < -0.4 is 5.32 Å². The van der Waals surface area contributed by atoms with Gasteiger partial charge in [-0.05, 0) is 51.4 Å². The van der Waals surface area contributed by atoms with Crippen LogP contribution in [0.15, 0.2) is 0 Å². The highest BCUT2D eigenvalue weighted by Gasteiger charge is 2.32. The molecule has 0 radical (unpaired) electrons. The van der Waals surface area contributed by atoms with Crippen LogP contribution in [0.1, 0.15) is 19.8 Å². The van der Waals surface area contributed by atoms with Gasteiger partial charge in [0.2, 0.25) is 5.91 Å². The summed E-state index contributed by atoms with van der Waals surface area (Å²) in [6.45, 7) is 7.31. The maximum atomic E-state index is 12.4. The first kappa shape index (κ1) is 13.8. The van der Waals surface area contributed by atoms with E-state index in [0.29, 0.717) is 17.7 Å². The molecular formula is C14H27N3O. The summed E-state index contributed by atoms with van der Waals surface area (Å²) < 4.78 is 0. The second-order valence-electron chi connectivity index (χ2n) is 6.21. The molecule has 0 unspecified atom stereocenters. The van der Waals surface area contributed by atoms with Gasteiger partial charge in [-0.25, -0.2) is 0 Å². The van der Waals surface area contributed by atoms with E-state index in [0.717, 1.165) is 19.6 Å². The molecule has 1 amide bonds. The molecule has 2 aliphatic heterocycles. The Labute approximate surface area is 111 Å². The van der Waals surface area contributed by atoms with Crippen molar-refractivity contribution in [1.29, 1.82) is 0 Å². The summed E-state index contributed by atoms with van der Waals surface area (Å²) >= 11 is 0. The molecule has 4 heteroatoms. The Morgan fingerprint density at radius 2 is 2.00 bits per heavy atom. The van der Waals surface area contributed by atoms with E-state index in [4.69, 9.17) is 0 Å². The molecule has 2 fully saturated rings. The average molecular weight is 253 g/mol. The lowest BCUT2D eigenvalue weighted by molar-refractivity contribution is -0.135. The van der Waals surface area contributed by atoms with Crippen LogP contribution in [0.4, 0.5) is 0 Å². The third-order valence-electron chi connectivity index (χ3n) is 4.58. The van der Waals surface area contributed by atoms with Crippen molar-refractivity contribution in [2.45, 2.75) is 19.8 Å². The van der Waals surface area contributed by atoms with Crippen molar-refractivity contribution in [1.82, 2.24) is 15.1 Å². The molecule has 2 atom stereocenters. The first-order valence-electron chi connectivity index (χ1n) is 7.22. The standard InChI is InChI=1S/C14H27N3O/c1-11-8-15-9-13(11)14(18)17(3)10-12-4-6-16(2)7-5-12/h11-13,15H,4-10H2,1-3H3/t11-,13-/m1/s1. The summed E-state index contributed by atoms with van der Waals surface area (Å²) in [5.41, 5.74) is 0. The van der Waals surface area contributed by atoms with Crippen molar-refractivity contribution < 1.29 is 4.79 Å². The van der Waals surface area contributed by atoms with Crippen LogP contribution in [0.5, 0.6) is 0 Å². The molecule has 0 aromatic rings. The number of hydrogen-bond donors (Lipinski definition) is 1. The molecule has 0 aromatic heterocycles. The number of nitrogens with one attached hydrogen (secondary N) is 1. The molecule has 4 nitrogen and oxygen atoms in total. The van der Waals surface area contributed by atoms with Crippen molar-refractivity contribution in [3.05, 3.63) is 0 Å². The second kappa shape index (κ2) is 6.02. The lowest BCUT2D eigenvalue weighted by Gasteiger charge is -2.32. The maximum absolute atomic E-state index is 12.4. The fraction of sp³-hybridized carbons (Fsp3) is 0.929.